The van der Waals surface area contributed by atoms with Crippen LogP contribution in [0.3, 0.4) is 0 Å². The number of fused-ring (bicyclic) bond motifs is 2. The zero-order chi connectivity index (χ0) is 21.6. The van der Waals surface area contributed by atoms with Crippen LogP contribution >= 0.6 is 11.8 Å². The summed E-state index contributed by atoms with van der Waals surface area (Å²) in [4.78, 5) is 13.5. The number of carbonyl (C=O) groups excluding carboxylic acids is 1. The Morgan fingerprint density at radius 1 is 0.935 bits per heavy atom. The molecule has 4 aromatic carbocycles. The topological polar surface area (TPSA) is 50.7 Å². The van der Waals surface area contributed by atoms with Gasteiger partial charge >= 0.3 is 0 Å². The van der Waals surface area contributed by atoms with Crippen LogP contribution in [0, 0.1) is 0 Å². The number of nitrogens with zero attached hydrogens (tertiary/aromatic N) is 1. The number of hydrogen-bond donors (Lipinski definition) is 1. The largest absolute Gasteiger partial charge is 0.490 e. The average Bonchev–Trinajstić information content (AvgIpc) is 2.78. The van der Waals surface area contributed by atoms with Crippen LogP contribution < -0.4 is 10.2 Å². The third-order valence-electron chi connectivity index (χ3n) is 4.78. The molecule has 0 aliphatic rings. The number of ether oxygens (including phenoxy) is 1. The lowest BCUT2D eigenvalue weighted by Gasteiger charge is -2.14. The fourth-order valence-corrected chi connectivity index (χ4v) is 4.30. The van der Waals surface area contributed by atoms with Gasteiger partial charge in [0.1, 0.15) is 5.75 Å². The van der Waals surface area contributed by atoms with Crippen LogP contribution in [0.4, 0.5) is 0 Å². The Labute approximate surface area is 186 Å². The van der Waals surface area contributed by atoms with E-state index in [1.165, 1.54) is 17.1 Å². The van der Waals surface area contributed by atoms with E-state index in [-0.39, 0.29) is 17.8 Å². The number of benzene rings is 4. The molecule has 0 atom stereocenters. The fraction of sp³-hybridized carbons (Fsp3) is 0.154. The minimum atomic E-state index is -0.152. The molecule has 5 heteroatoms. The van der Waals surface area contributed by atoms with Crippen molar-refractivity contribution in [2.45, 2.75) is 24.8 Å². The zero-order valence-corrected chi connectivity index (χ0v) is 18.4. The molecule has 0 bridgehead atoms. The van der Waals surface area contributed by atoms with Crippen molar-refractivity contribution >= 4 is 45.4 Å². The normalized spacial score (nSPS) is 11.5. The minimum absolute atomic E-state index is 0.0417. The lowest BCUT2D eigenvalue weighted by molar-refractivity contribution is -0.118. The zero-order valence-electron chi connectivity index (χ0n) is 17.5. The number of carbonyl (C=O) groups is 1. The van der Waals surface area contributed by atoms with E-state index in [1.54, 1.807) is 6.21 Å². The summed E-state index contributed by atoms with van der Waals surface area (Å²) in [6, 6.07) is 26.3. The highest BCUT2D eigenvalue weighted by Crippen LogP contribution is 2.28. The Morgan fingerprint density at radius 3 is 2.39 bits per heavy atom. The van der Waals surface area contributed by atoms with Gasteiger partial charge in [-0.05, 0) is 47.5 Å². The van der Waals surface area contributed by atoms with Crippen molar-refractivity contribution < 1.29 is 9.53 Å². The number of nitrogens with one attached hydrogen (secondary N) is 1. The number of hydrogen-bond acceptors (Lipinski definition) is 4. The first kappa shape index (κ1) is 20.9. The standard InChI is InChI=1S/C26H24N2O2S/c1-18(2)30-24-15-14-20-9-3-5-11-21(20)23(24)16-27-28-26(29)17-31-25-13-7-10-19-8-4-6-12-22(19)25/h3-16,18H,17H2,1-2H3,(H,28,29)/b27-16-. The number of hydrazone groups is 1. The van der Waals surface area contributed by atoms with Gasteiger partial charge in [-0.15, -0.1) is 11.8 Å². The minimum Gasteiger partial charge on any atom is -0.490 e. The second-order valence-electron chi connectivity index (χ2n) is 7.42. The predicted octanol–water partition coefficient (Wildman–Crippen LogP) is 6.02. The molecular formula is C26H24N2O2S. The molecule has 0 heterocycles. The molecule has 4 rings (SSSR count). The molecule has 0 aromatic heterocycles. The maximum Gasteiger partial charge on any atom is 0.250 e. The third-order valence-corrected chi connectivity index (χ3v) is 5.86. The monoisotopic (exact) mass is 428 g/mol. The Hall–Kier alpha value is -3.31. The van der Waals surface area contributed by atoms with E-state index < -0.39 is 0 Å². The molecule has 4 nitrogen and oxygen atoms in total. The molecule has 0 spiro atoms. The molecule has 156 valence electrons. The van der Waals surface area contributed by atoms with Crippen molar-refractivity contribution in [2.75, 3.05) is 5.75 Å². The van der Waals surface area contributed by atoms with Crippen molar-refractivity contribution in [2.24, 2.45) is 5.10 Å². The van der Waals surface area contributed by atoms with Gasteiger partial charge in [0.15, 0.2) is 0 Å². The van der Waals surface area contributed by atoms with E-state index in [1.807, 2.05) is 74.5 Å². The maximum atomic E-state index is 12.4. The molecule has 4 aromatic rings. The quantitative estimate of drug-likeness (QED) is 0.222. The molecule has 31 heavy (non-hydrogen) atoms. The van der Waals surface area contributed by atoms with Crippen molar-refractivity contribution in [3.05, 3.63) is 84.4 Å². The van der Waals surface area contributed by atoms with Crippen LogP contribution in [0.1, 0.15) is 19.4 Å². The average molecular weight is 429 g/mol. The van der Waals surface area contributed by atoms with Crippen LogP contribution in [0.5, 0.6) is 5.75 Å². The molecule has 0 aliphatic heterocycles. The van der Waals surface area contributed by atoms with Crippen LogP contribution in [0.2, 0.25) is 0 Å². The highest BCUT2D eigenvalue weighted by molar-refractivity contribution is 8.00. The Kier molecular flexibility index (Phi) is 6.53. The summed E-state index contributed by atoms with van der Waals surface area (Å²) in [7, 11) is 0. The number of rotatable bonds is 7. The van der Waals surface area contributed by atoms with Crippen molar-refractivity contribution in [1.29, 1.82) is 0 Å². The van der Waals surface area contributed by atoms with E-state index in [2.05, 4.69) is 28.7 Å². The Bertz CT molecular complexity index is 1250. The van der Waals surface area contributed by atoms with Gasteiger partial charge in [0.05, 0.1) is 18.1 Å². The van der Waals surface area contributed by atoms with Gasteiger partial charge in [-0.25, -0.2) is 5.43 Å². The van der Waals surface area contributed by atoms with Crippen LogP contribution in [-0.2, 0) is 4.79 Å². The highest BCUT2D eigenvalue weighted by atomic mass is 32.2. The molecule has 1 N–H and O–H groups in total. The molecule has 0 radical (unpaired) electrons. The van der Waals surface area contributed by atoms with Gasteiger partial charge in [-0.1, -0.05) is 66.7 Å². The third kappa shape index (κ3) is 5.06. The predicted molar refractivity (Wildman–Crippen MR) is 130 cm³/mol. The first-order chi connectivity index (χ1) is 15.1. The second-order valence-corrected chi connectivity index (χ2v) is 8.44. The van der Waals surface area contributed by atoms with Crippen LogP contribution in [0.25, 0.3) is 21.5 Å². The summed E-state index contributed by atoms with van der Waals surface area (Å²) in [6.45, 7) is 3.98. The van der Waals surface area contributed by atoms with Gasteiger partial charge in [-0.2, -0.15) is 5.10 Å². The highest BCUT2D eigenvalue weighted by Gasteiger charge is 2.09. The number of thioether (sulfide) groups is 1. The summed E-state index contributed by atoms with van der Waals surface area (Å²) in [5, 5.41) is 8.66. The first-order valence-corrected chi connectivity index (χ1v) is 11.2. The molecule has 0 saturated carbocycles. The lowest BCUT2D eigenvalue weighted by Crippen LogP contribution is -2.19. The van der Waals surface area contributed by atoms with E-state index >= 15 is 0 Å². The lowest BCUT2D eigenvalue weighted by atomic mass is 10.0. The molecule has 0 fully saturated rings. The van der Waals surface area contributed by atoms with Gasteiger partial charge in [0, 0.05) is 10.5 Å². The van der Waals surface area contributed by atoms with Crippen LogP contribution in [-0.4, -0.2) is 24.0 Å². The van der Waals surface area contributed by atoms with Gasteiger partial charge in [0.2, 0.25) is 5.91 Å². The Morgan fingerprint density at radius 2 is 1.61 bits per heavy atom. The summed E-state index contributed by atoms with van der Waals surface area (Å²) in [6.07, 6.45) is 1.71. The molecule has 0 unspecified atom stereocenters. The van der Waals surface area contributed by atoms with Gasteiger partial charge < -0.3 is 4.74 Å². The summed E-state index contributed by atoms with van der Waals surface area (Å²) >= 11 is 1.51. The molecule has 1 amide bonds. The van der Waals surface area contributed by atoms with E-state index in [0.29, 0.717) is 0 Å². The molecule has 0 saturated heterocycles. The van der Waals surface area contributed by atoms with Crippen molar-refractivity contribution in [3.63, 3.8) is 0 Å². The van der Waals surface area contributed by atoms with Gasteiger partial charge in [0.25, 0.3) is 0 Å². The fourth-order valence-electron chi connectivity index (χ4n) is 3.43. The van der Waals surface area contributed by atoms with E-state index in [4.69, 9.17) is 4.74 Å². The maximum absolute atomic E-state index is 12.4. The number of amides is 1. The van der Waals surface area contributed by atoms with E-state index in [0.717, 1.165) is 32.4 Å². The Balaban J connectivity index is 1.47. The summed E-state index contributed by atoms with van der Waals surface area (Å²) < 4.78 is 5.95. The van der Waals surface area contributed by atoms with Gasteiger partial charge in [-0.3, -0.25) is 4.79 Å². The van der Waals surface area contributed by atoms with E-state index in [9.17, 15) is 4.79 Å². The first-order valence-electron chi connectivity index (χ1n) is 10.2. The van der Waals surface area contributed by atoms with Crippen molar-refractivity contribution in [1.82, 2.24) is 5.43 Å². The molecule has 0 aliphatic carbocycles. The second kappa shape index (κ2) is 9.67. The summed E-state index contributed by atoms with van der Waals surface area (Å²) in [5.41, 5.74) is 3.50. The van der Waals surface area contributed by atoms with Crippen LogP contribution in [0.15, 0.2) is 88.9 Å². The van der Waals surface area contributed by atoms with Crippen molar-refractivity contribution in [3.8, 4) is 5.75 Å². The molecular weight excluding hydrogens is 404 g/mol. The SMILES string of the molecule is CC(C)Oc1ccc2ccccc2c1/C=N\NC(=O)CSc1cccc2ccccc12. The smallest absolute Gasteiger partial charge is 0.250 e. The summed E-state index contributed by atoms with van der Waals surface area (Å²) in [5.74, 6) is 0.883.